The van der Waals surface area contributed by atoms with Crippen LogP contribution >= 0.6 is 0 Å². The number of carbonyl (C=O) groups is 1. The van der Waals surface area contributed by atoms with Crippen molar-refractivity contribution in [3.05, 3.63) is 29.3 Å². The molecule has 1 saturated carbocycles. The second-order valence-electron chi connectivity index (χ2n) is 6.20. The fourth-order valence-corrected chi connectivity index (χ4v) is 3.59. The van der Waals surface area contributed by atoms with Gasteiger partial charge in [-0.05, 0) is 48.8 Å². The first-order valence-corrected chi connectivity index (χ1v) is 7.81. The number of rotatable bonds is 5. The van der Waals surface area contributed by atoms with E-state index in [1.165, 1.54) is 43.5 Å². The third-order valence-corrected chi connectivity index (χ3v) is 4.72. The summed E-state index contributed by atoms with van der Waals surface area (Å²) >= 11 is 0. The van der Waals surface area contributed by atoms with Gasteiger partial charge in [0.1, 0.15) is 0 Å². The van der Waals surface area contributed by atoms with Crippen molar-refractivity contribution in [2.75, 3.05) is 18.0 Å². The molecule has 1 aromatic carbocycles. The van der Waals surface area contributed by atoms with Gasteiger partial charge >= 0.3 is 5.97 Å². The van der Waals surface area contributed by atoms with Crippen LogP contribution in [0.5, 0.6) is 0 Å². The summed E-state index contributed by atoms with van der Waals surface area (Å²) in [6.45, 7) is 2.32. The minimum absolute atomic E-state index is 0.224. The van der Waals surface area contributed by atoms with Crippen LogP contribution in [0.2, 0.25) is 0 Å². The number of nitrogens with zero attached hydrogens (tertiary/aromatic N) is 1. The molecule has 3 nitrogen and oxygen atoms in total. The molecule has 1 aromatic rings. The van der Waals surface area contributed by atoms with Crippen LogP contribution in [0.15, 0.2) is 18.2 Å². The molecular formula is C17H23NO2. The first-order valence-electron chi connectivity index (χ1n) is 7.81. The van der Waals surface area contributed by atoms with Crippen LogP contribution in [0.1, 0.15) is 43.2 Å². The molecule has 3 rings (SSSR count). The molecule has 1 fully saturated rings. The van der Waals surface area contributed by atoms with Crippen molar-refractivity contribution in [1.29, 1.82) is 0 Å². The fourth-order valence-electron chi connectivity index (χ4n) is 3.59. The zero-order valence-electron chi connectivity index (χ0n) is 12.0. The van der Waals surface area contributed by atoms with Gasteiger partial charge in [0, 0.05) is 25.2 Å². The topological polar surface area (TPSA) is 40.5 Å². The normalized spacial score (nSPS) is 18.5. The third kappa shape index (κ3) is 2.97. The van der Waals surface area contributed by atoms with E-state index in [4.69, 9.17) is 5.11 Å². The van der Waals surface area contributed by atoms with Gasteiger partial charge in [-0.3, -0.25) is 4.79 Å². The molecule has 1 heterocycles. The summed E-state index contributed by atoms with van der Waals surface area (Å²) in [5, 5.41) is 8.80. The molecule has 3 heteroatoms. The van der Waals surface area contributed by atoms with Crippen molar-refractivity contribution < 1.29 is 9.90 Å². The molecule has 20 heavy (non-hydrogen) atoms. The number of benzene rings is 1. The van der Waals surface area contributed by atoms with Crippen LogP contribution in [0.3, 0.4) is 0 Å². The van der Waals surface area contributed by atoms with E-state index in [1.807, 2.05) is 0 Å². The Morgan fingerprint density at radius 3 is 2.85 bits per heavy atom. The highest BCUT2D eigenvalue weighted by Crippen LogP contribution is 2.33. The lowest BCUT2D eigenvalue weighted by atomic mass is 10.0. The van der Waals surface area contributed by atoms with E-state index in [-0.39, 0.29) is 6.42 Å². The Balaban J connectivity index is 1.69. The van der Waals surface area contributed by atoms with E-state index in [0.29, 0.717) is 6.42 Å². The maximum Gasteiger partial charge on any atom is 0.303 e. The minimum Gasteiger partial charge on any atom is -0.481 e. The number of anilines is 1. The highest BCUT2D eigenvalue weighted by atomic mass is 16.4. The summed E-state index contributed by atoms with van der Waals surface area (Å²) in [7, 11) is 0. The number of aliphatic carboxylic acids is 1. The fraction of sp³-hybridized carbons (Fsp3) is 0.588. The summed E-state index contributed by atoms with van der Waals surface area (Å²) in [6.07, 6.45) is 7.55. The zero-order chi connectivity index (χ0) is 13.9. The predicted octanol–water partition coefficient (Wildman–Crippen LogP) is 3.26. The van der Waals surface area contributed by atoms with Gasteiger partial charge in [-0.15, -0.1) is 0 Å². The molecule has 108 valence electrons. The molecule has 0 amide bonds. The first kappa shape index (κ1) is 13.5. The third-order valence-electron chi connectivity index (χ3n) is 4.72. The maximum atomic E-state index is 10.7. The van der Waals surface area contributed by atoms with Crippen molar-refractivity contribution in [2.45, 2.75) is 44.9 Å². The Labute approximate surface area is 120 Å². The van der Waals surface area contributed by atoms with Crippen molar-refractivity contribution >= 4 is 11.7 Å². The highest BCUT2D eigenvalue weighted by Gasteiger charge is 2.24. The molecule has 1 aliphatic heterocycles. The number of fused-ring (bicyclic) bond motifs is 1. The largest absolute Gasteiger partial charge is 0.481 e. The van der Waals surface area contributed by atoms with E-state index < -0.39 is 5.97 Å². The van der Waals surface area contributed by atoms with Crippen LogP contribution in [-0.2, 0) is 17.6 Å². The van der Waals surface area contributed by atoms with Gasteiger partial charge in [0.25, 0.3) is 0 Å². The van der Waals surface area contributed by atoms with Gasteiger partial charge in [0.15, 0.2) is 0 Å². The van der Waals surface area contributed by atoms with E-state index in [2.05, 4.69) is 23.1 Å². The van der Waals surface area contributed by atoms with Crippen LogP contribution in [0.4, 0.5) is 5.69 Å². The molecular weight excluding hydrogens is 250 g/mol. The van der Waals surface area contributed by atoms with Gasteiger partial charge in [-0.2, -0.15) is 0 Å². The van der Waals surface area contributed by atoms with Gasteiger partial charge in [0.05, 0.1) is 0 Å². The zero-order valence-corrected chi connectivity index (χ0v) is 12.0. The highest BCUT2D eigenvalue weighted by molar-refractivity contribution is 5.67. The van der Waals surface area contributed by atoms with Crippen LogP contribution < -0.4 is 4.90 Å². The van der Waals surface area contributed by atoms with Gasteiger partial charge in [-0.1, -0.05) is 25.0 Å². The second-order valence-corrected chi connectivity index (χ2v) is 6.20. The van der Waals surface area contributed by atoms with Gasteiger partial charge < -0.3 is 10.0 Å². The monoisotopic (exact) mass is 273 g/mol. The van der Waals surface area contributed by atoms with E-state index in [0.717, 1.165) is 24.4 Å². The number of hydrogen-bond donors (Lipinski definition) is 1. The molecule has 0 atom stereocenters. The Morgan fingerprint density at radius 1 is 1.30 bits per heavy atom. The second kappa shape index (κ2) is 5.86. The summed E-state index contributed by atoms with van der Waals surface area (Å²) in [4.78, 5) is 13.2. The Hall–Kier alpha value is -1.51. The van der Waals surface area contributed by atoms with Crippen LogP contribution in [-0.4, -0.2) is 24.2 Å². The molecule has 0 aromatic heterocycles. The lowest BCUT2D eigenvalue weighted by Crippen LogP contribution is -2.26. The summed E-state index contributed by atoms with van der Waals surface area (Å²) in [5.74, 6) is 0.150. The molecule has 2 aliphatic rings. The van der Waals surface area contributed by atoms with Crippen molar-refractivity contribution in [2.24, 2.45) is 5.92 Å². The number of aryl methyl sites for hydroxylation is 1. The van der Waals surface area contributed by atoms with Gasteiger partial charge in [0.2, 0.25) is 0 Å². The lowest BCUT2D eigenvalue weighted by Gasteiger charge is -2.23. The lowest BCUT2D eigenvalue weighted by molar-refractivity contribution is -0.136. The Bertz CT molecular complexity index is 492. The molecule has 1 aliphatic carbocycles. The number of hydrogen-bond acceptors (Lipinski definition) is 2. The van der Waals surface area contributed by atoms with Crippen molar-refractivity contribution in [3.63, 3.8) is 0 Å². The maximum absolute atomic E-state index is 10.7. The Kier molecular flexibility index (Phi) is 3.95. The van der Waals surface area contributed by atoms with E-state index in [1.54, 1.807) is 0 Å². The average molecular weight is 273 g/mol. The smallest absolute Gasteiger partial charge is 0.303 e. The van der Waals surface area contributed by atoms with E-state index in [9.17, 15) is 4.79 Å². The summed E-state index contributed by atoms with van der Waals surface area (Å²) in [5.41, 5.74) is 3.95. The number of carboxylic acids is 1. The summed E-state index contributed by atoms with van der Waals surface area (Å²) in [6, 6.07) is 6.52. The minimum atomic E-state index is -0.715. The molecule has 1 N–H and O–H groups in total. The first-order chi connectivity index (χ1) is 9.72. The Morgan fingerprint density at radius 2 is 2.10 bits per heavy atom. The molecule has 0 unspecified atom stereocenters. The molecule has 0 bridgehead atoms. The average Bonchev–Trinajstić information content (AvgIpc) is 3.07. The number of carboxylic acid groups (broad SMARTS) is 1. The van der Waals surface area contributed by atoms with Crippen molar-refractivity contribution in [1.82, 2.24) is 0 Å². The quantitative estimate of drug-likeness (QED) is 0.895. The molecule has 0 radical (unpaired) electrons. The SMILES string of the molecule is O=C(O)CCc1ccc2c(c1)N(CC1CCCC1)CC2. The summed E-state index contributed by atoms with van der Waals surface area (Å²) < 4.78 is 0. The van der Waals surface area contributed by atoms with Crippen molar-refractivity contribution in [3.8, 4) is 0 Å². The standard InChI is InChI=1S/C17H23NO2/c19-17(20)8-6-13-5-7-15-9-10-18(16(15)11-13)12-14-3-1-2-4-14/h5,7,11,14H,1-4,6,8-10,12H2,(H,19,20). The molecule has 0 saturated heterocycles. The van der Waals surface area contributed by atoms with Gasteiger partial charge in [-0.25, -0.2) is 0 Å². The molecule has 0 spiro atoms. The van der Waals surface area contributed by atoms with Crippen LogP contribution in [0, 0.1) is 5.92 Å². The van der Waals surface area contributed by atoms with E-state index >= 15 is 0 Å². The van der Waals surface area contributed by atoms with Crippen LogP contribution in [0.25, 0.3) is 0 Å². The predicted molar refractivity (Wildman–Crippen MR) is 80.3 cm³/mol.